The molecular formula is C13H20BrN3O. The van der Waals surface area contributed by atoms with Gasteiger partial charge in [-0.15, -0.1) is 0 Å². The van der Waals surface area contributed by atoms with Crippen LogP contribution in [0.3, 0.4) is 0 Å². The van der Waals surface area contributed by atoms with Crippen LogP contribution in [0.5, 0.6) is 0 Å². The molecule has 3 N–H and O–H groups in total. The largest absolute Gasteiger partial charge is 0.384 e. The van der Waals surface area contributed by atoms with E-state index >= 15 is 0 Å². The number of hydrogen-bond donors (Lipinski definition) is 2. The molecule has 1 aromatic rings. The van der Waals surface area contributed by atoms with E-state index in [1.54, 1.807) is 0 Å². The monoisotopic (exact) mass is 313 g/mol. The molecule has 18 heavy (non-hydrogen) atoms. The van der Waals surface area contributed by atoms with Crippen LogP contribution in [0.1, 0.15) is 19.4 Å². The fraction of sp³-hybridized carbons (Fsp3) is 0.462. The Bertz CT molecular complexity index is 409. The van der Waals surface area contributed by atoms with Gasteiger partial charge in [0.15, 0.2) is 0 Å². The second-order valence-corrected chi connectivity index (χ2v) is 4.77. The van der Waals surface area contributed by atoms with E-state index in [1.165, 1.54) is 0 Å². The molecule has 4 nitrogen and oxygen atoms in total. The van der Waals surface area contributed by atoms with Gasteiger partial charge in [-0.2, -0.15) is 0 Å². The number of nitrogens with one attached hydrogen (secondary N) is 1. The molecule has 0 unspecified atom stereocenters. The van der Waals surface area contributed by atoms with Crippen LogP contribution in [-0.2, 0) is 4.74 Å². The van der Waals surface area contributed by atoms with Gasteiger partial charge in [0.25, 0.3) is 0 Å². The first kappa shape index (κ1) is 15.0. The van der Waals surface area contributed by atoms with Crippen LogP contribution < -0.4 is 10.6 Å². The summed E-state index contributed by atoms with van der Waals surface area (Å²) >= 11 is 3.40. The van der Waals surface area contributed by atoms with Crippen molar-refractivity contribution in [1.82, 2.24) is 0 Å². The quantitative estimate of drug-likeness (QED) is 0.462. The average Bonchev–Trinajstić information content (AvgIpc) is 2.35. The first-order chi connectivity index (χ1) is 8.60. The number of nitrogens with two attached hydrogens (primary N) is 1. The molecule has 0 atom stereocenters. The van der Waals surface area contributed by atoms with Crippen molar-refractivity contribution in [3.63, 3.8) is 0 Å². The van der Waals surface area contributed by atoms with E-state index in [2.05, 4.69) is 27.8 Å². The van der Waals surface area contributed by atoms with Gasteiger partial charge >= 0.3 is 0 Å². The lowest BCUT2D eigenvalue weighted by Crippen LogP contribution is -2.29. The minimum absolute atomic E-state index is 0.0844. The zero-order chi connectivity index (χ0) is 13.5. The number of ether oxygens (including phenoxy) is 1. The Morgan fingerprint density at radius 1 is 1.44 bits per heavy atom. The number of hydrogen-bond acceptors (Lipinski definition) is 3. The number of benzene rings is 1. The van der Waals surface area contributed by atoms with E-state index in [-0.39, 0.29) is 5.84 Å². The van der Waals surface area contributed by atoms with Gasteiger partial charge in [0.2, 0.25) is 0 Å². The summed E-state index contributed by atoms with van der Waals surface area (Å²) < 4.78 is 6.30. The number of anilines is 1. The predicted octanol–water partition coefficient (Wildman–Crippen LogP) is 2.60. The van der Waals surface area contributed by atoms with E-state index in [9.17, 15) is 0 Å². The van der Waals surface area contributed by atoms with E-state index in [0.29, 0.717) is 6.61 Å². The van der Waals surface area contributed by atoms with Crippen LogP contribution in [0.4, 0.5) is 5.69 Å². The third-order valence-electron chi connectivity index (χ3n) is 2.68. The summed E-state index contributed by atoms with van der Waals surface area (Å²) in [6, 6.07) is 5.82. The summed E-state index contributed by atoms with van der Waals surface area (Å²) in [5, 5.41) is 7.65. The minimum Gasteiger partial charge on any atom is -0.384 e. The van der Waals surface area contributed by atoms with Gasteiger partial charge in [0, 0.05) is 35.4 Å². The van der Waals surface area contributed by atoms with Crippen LogP contribution in [0.2, 0.25) is 0 Å². The maximum Gasteiger partial charge on any atom is 0.124 e. The molecule has 0 aliphatic heterocycles. The fourth-order valence-corrected chi connectivity index (χ4v) is 2.13. The number of nitrogens with zero attached hydrogens (tertiary/aromatic N) is 1. The Kier molecular flexibility index (Phi) is 6.15. The van der Waals surface area contributed by atoms with Crippen LogP contribution >= 0.6 is 15.9 Å². The lowest BCUT2D eigenvalue weighted by Gasteiger charge is -2.25. The van der Waals surface area contributed by atoms with Gasteiger partial charge in [-0.25, -0.2) is 0 Å². The van der Waals surface area contributed by atoms with Crippen LogP contribution in [0, 0.1) is 5.41 Å². The van der Waals surface area contributed by atoms with Crippen molar-refractivity contribution in [2.45, 2.75) is 13.8 Å². The topological polar surface area (TPSA) is 62.3 Å². The first-order valence-corrected chi connectivity index (χ1v) is 6.86. The summed E-state index contributed by atoms with van der Waals surface area (Å²) in [6.45, 7) is 7.12. The molecular weight excluding hydrogens is 294 g/mol. The van der Waals surface area contributed by atoms with Crippen molar-refractivity contribution in [1.29, 1.82) is 5.41 Å². The molecule has 0 saturated heterocycles. The summed E-state index contributed by atoms with van der Waals surface area (Å²) in [4.78, 5) is 2.17. The van der Waals surface area contributed by atoms with Gasteiger partial charge in [0.1, 0.15) is 5.84 Å². The van der Waals surface area contributed by atoms with Gasteiger partial charge in [-0.1, -0.05) is 15.9 Å². The smallest absolute Gasteiger partial charge is 0.124 e. The lowest BCUT2D eigenvalue weighted by molar-refractivity contribution is 0.154. The Morgan fingerprint density at radius 2 is 2.17 bits per heavy atom. The molecule has 0 aliphatic rings. The SMILES string of the molecule is CCOCCN(CC)c1ccc(Br)cc1C(=N)N. The first-order valence-electron chi connectivity index (χ1n) is 6.06. The Morgan fingerprint density at radius 3 is 2.72 bits per heavy atom. The normalized spacial score (nSPS) is 10.4. The number of halogens is 1. The lowest BCUT2D eigenvalue weighted by atomic mass is 10.1. The number of likely N-dealkylation sites (N-methyl/N-ethyl adjacent to an activating group) is 1. The van der Waals surface area contributed by atoms with Crippen molar-refractivity contribution in [3.05, 3.63) is 28.2 Å². The van der Waals surface area contributed by atoms with Crippen molar-refractivity contribution in [2.24, 2.45) is 5.73 Å². The summed E-state index contributed by atoms with van der Waals surface area (Å²) in [5.41, 5.74) is 7.37. The third-order valence-corrected chi connectivity index (χ3v) is 3.17. The average molecular weight is 314 g/mol. The highest BCUT2D eigenvalue weighted by Gasteiger charge is 2.12. The molecule has 0 bridgehead atoms. The highest BCUT2D eigenvalue weighted by molar-refractivity contribution is 9.10. The van der Waals surface area contributed by atoms with Crippen molar-refractivity contribution in [2.75, 3.05) is 31.2 Å². The fourth-order valence-electron chi connectivity index (χ4n) is 1.77. The van der Waals surface area contributed by atoms with E-state index in [1.807, 2.05) is 25.1 Å². The maximum absolute atomic E-state index is 7.65. The van der Waals surface area contributed by atoms with Gasteiger partial charge < -0.3 is 15.4 Å². The Hall–Kier alpha value is -1.07. The highest BCUT2D eigenvalue weighted by Crippen LogP contribution is 2.24. The number of rotatable bonds is 7. The molecule has 0 aliphatic carbocycles. The van der Waals surface area contributed by atoms with Crippen LogP contribution in [0.15, 0.2) is 22.7 Å². The van der Waals surface area contributed by atoms with Crippen molar-refractivity contribution in [3.8, 4) is 0 Å². The second kappa shape index (κ2) is 7.38. The zero-order valence-electron chi connectivity index (χ0n) is 10.9. The molecule has 5 heteroatoms. The summed E-state index contributed by atoms with van der Waals surface area (Å²) in [5.74, 6) is 0.0844. The molecule has 0 fully saturated rings. The van der Waals surface area contributed by atoms with E-state index in [4.69, 9.17) is 15.9 Å². The standard InChI is InChI=1S/C13H20BrN3O/c1-3-17(7-8-18-4-2)12-6-5-10(14)9-11(12)13(15)16/h5-6,9H,3-4,7-8H2,1-2H3,(H3,15,16). The van der Waals surface area contributed by atoms with Gasteiger partial charge in [0.05, 0.1) is 6.61 Å². The summed E-state index contributed by atoms with van der Waals surface area (Å²) in [6.07, 6.45) is 0. The molecule has 0 heterocycles. The Labute approximate surface area is 117 Å². The Balaban J connectivity index is 2.93. The number of nitrogen functional groups attached to an aromatic ring is 1. The molecule has 0 spiro atoms. The second-order valence-electron chi connectivity index (χ2n) is 3.85. The molecule has 0 saturated carbocycles. The molecule has 0 radical (unpaired) electrons. The molecule has 1 rings (SSSR count). The molecule has 0 aromatic heterocycles. The summed E-state index contributed by atoms with van der Waals surface area (Å²) in [7, 11) is 0. The number of amidine groups is 1. The van der Waals surface area contributed by atoms with Crippen LogP contribution in [-0.4, -0.2) is 32.1 Å². The maximum atomic E-state index is 7.65. The van der Waals surface area contributed by atoms with Crippen LogP contribution in [0.25, 0.3) is 0 Å². The molecule has 1 aromatic carbocycles. The minimum atomic E-state index is 0.0844. The van der Waals surface area contributed by atoms with E-state index in [0.717, 1.165) is 35.4 Å². The van der Waals surface area contributed by atoms with Crippen molar-refractivity contribution >= 4 is 27.5 Å². The molecule has 0 amide bonds. The van der Waals surface area contributed by atoms with Gasteiger partial charge in [-0.05, 0) is 32.0 Å². The van der Waals surface area contributed by atoms with Gasteiger partial charge in [-0.3, -0.25) is 5.41 Å². The zero-order valence-corrected chi connectivity index (χ0v) is 12.5. The molecule has 100 valence electrons. The third kappa shape index (κ3) is 3.99. The highest BCUT2D eigenvalue weighted by atomic mass is 79.9. The predicted molar refractivity (Wildman–Crippen MR) is 79.5 cm³/mol. The van der Waals surface area contributed by atoms with Crippen molar-refractivity contribution < 1.29 is 4.74 Å². The van der Waals surface area contributed by atoms with E-state index < -0.39 is 0 Å².